The molecule has 0 spiro atoms. The molecule has 0 bridgehead atoms. The Balaban J connectivity index is 1.79. The predicted molar refractivity (Wildman–Crippen MR) is 128 cm³/mol. The third-order valence-electron chi connectivity index (χ3n) is 5.52. The van der Waals surface area contributed by atoms with Crippen LogP contribution < -0.4 is 21.1 Å². The Morgan fingerprint density at radius 1 is 1.18 bits per heavy atom. The SMILES string of the molecule is CCC(CC)NC(=O)Nc1ccc(OC2=CC(F)(c3ccccc3)C(C(N)=O)C=C2)c(Cl)c1. The van der Waals surface area contributed by atoms with Gasteiger partial charge in [0.05, 0.1) is 10.9 Å². The van der Waals surface area contributed by atoms with E-state index in [2.05, 4.69) is 10.6 Å². The second-order valence-electron chi connectivity index (χ2n) is 7.78. The highest BCUT2D eigenvalue weighted by molar-refractivity contribution is 6.32. The molecule has 174 valence electrons. The van der Waals surface area contributed by atoms with Gasteiger partial charge in [-0.1, -0.05) is 61.9 Å². The van der Waals surface area contributed by atoms with Gasteiger partial charge in [-0.25, -0.2) is 9.18 Å². The van der Waals surface area contributed by atoms with Gasteiger partial charge in [0.15, 0.2) is 5.67 Å². The molecule has 3 rings (SSSR count). The molecule has 6 nitrogen and oxygen atoms in total. The number of nitrogens with two attached hydrogens (primary N) is 1. The molecule has 0 aliphatic heterocycles. The smallest absolute Gasteiger partial charge is 0.319 e. The average Bonchev–Trinajstić information content (AvgIpc) is 2.79. The van der Waals surface area contributed by atoms with Crippen LogP contribution in [0.1, 0.15) is 32.3 Å². The van der Waals surface area contributed by atoms with E-state index in [4.69, 9.17) is 22.1 Å². The number of benzene rings is 2. The molecule has 2 unspecified atom stereocenters. The standard InChI is InChI=1S/C25H27ClFN3O3/c1-3-17(4-2)29-24(32)30-18-10-13-22(21(26)14-18)33-19-11-12-20(23(28)31)25(27,15-19)16-8-6-5-7-9-16/h5-15,17,20H,3-4H2,1-2H3,(H2,28,31)(H2,29,30,32). The molecule has 0 fully saturated rings. The summed E-state index contributed by atoms with van der Waals surface area (Å²) < 4.78 is 21.9. The lowest BCUT2D eigenvalue weighted by Crippen LogP contribution is -2.39. The fraction of sp³-hybridized carbons (Fsp3) is 0.280. The first-order valence-electron chi connectivity index (χ1n) is 10.8. The number of primary amides is 1. The molecule has 0 aromatic heterocycles. The number of carbonyl (C=O) groups excluding carboxylic acids is 2. The first-order chi connectivity index (χ1) is 15.8. The number of allylic oxidation sites excluding steroid dienone is 2. The van der Waals surface area contributed by atoms with Crippen molar-refractivity contribution in [3.8, 4) is 5.75 Å². The van der Waals surface area contributed by atoms with E-state index in [-0.39, 0.29) is 34.2 Å². The van der Waals surface area contributed by atoms with E-state index in [1.807, 2.05) is 13.8 Å². The molecule has 3 amide bonds. The lowest BCUT2D eigenvalue weighted by molar-refractivity contribution is -0.123. The van der Waals surface area contributed by atoms with Crippen molar-refractivity contribution in [2.75, 3.05) is 5.32 Å². The molecular formula is C25H27ClFN3O3. The average molecular weight is 472 g/mol. The second-order valence-corrected chi connectivity index (χ2v) is 8.19. The van der Waals surface area contributed by atoms with Gasteiger partial charge in [-0.2, -0.15) is 0 Å². The molecule has 1 aliphatic carbocycles. The normalized spacial score (nSPS) is 19.7. The van der Waals surface area contributed by atoms with E-state index >= 15 is 4.39 Å². The molecule has 4 N–H and O–H groups in total. The van der Waals surface area contributed by atoms with Crippen molar-refractivity contribution in [2.24, 2.45) is 11.7 Å². The summed E-state index contributed by atoms with van der Waals surface area (Å²) >= 11 is 6.34. The molecule has 2 atom stereocenters. The minimum atomic E-state index is -2.17. The van der Waals surface area contributed by atoms with Gasteiger partial charge in [-0.05, 0) is 42.7 Å². The Morgan fingerprint density at radius 2 is 1.88 bits per heavy atom. The van der Waals surface area contributed by atoms with Crippen LogP contribution in [0.25, 0.3) is 0 Å². The van der Waals surface area contributed by atoms with Gasteiger partial charge in [0.1, 0.15) is 11.5 Å². The molecule has 0 radical (unpaired) electrons. The summed E-state index contributed by atoms with van der Waals surface area (Å²) in [4.78, 5) is 24.0. The topological polar surface area (TPSA) is 93.4 Å². The van der Waals surface area contributed by atoms with E-state index in [0.717, 1.165) is 12.8 Å². The van der Waals surface area contributed by atoms with Gasteiger partial charge in [0.25, 0.3) is 0 Å². The summed E-state index contributed by atoms with van der Waals surface area (Å²) in [6, 6.07) is 12.8. The number of carbonyl (C=O) groups is 2. The number of anilines is 1. The first-order valence-corrected chi connectivity index (χ1v) is 11.1. The third-order valence-corrected chi connectivity index (χ3v) is 5.81. The monoisotopic (exact) mass is 471 g/mol. The summed E-state index contributed by atoms with van der Waals surface area (Å²) in [6.45, 7) is 4.00. The number of alkyl halides is 1. The van der Waals surface area contributed by atoms with Crippen LogP contribution in [0.2, 0.25) is 5.02 Å². The van der Waals surface area contributed by atoms with E-state index in [1.54, 1.807) is 48.5 Å². The Morgan fingerprint density at radius 3 is 2.48 bits per heavy atom. The van der Waals surface area contributed by atoms with Crippen molar-refractivity contribution >= 4 is 29.2 Å². The minimum Gasteiger partial charge on any atom is -0.456 e. The zero-order chi connectivity index (χ0) is 24.0. The molecule has 0 heterocycles. The number of urea groups is 1. The van der Waals surface area contributed by atoms with Crippen molar-refractivity contribution in [1.82, 2.24) is 5.32 Å². The summed E-state index contributed by atoms with van der Waals surface area (Å²) in [5.41, 5.74) is 4.05. The number of nitrogens with one attached hydrogen (secondary N) is 2. The van der Waals surface area contributed by atoms with Gasteiger partial charge in [0.2, 0.25) is 5.91 Å². The number of halogens is 2. The summed E-state index contributed by atoms with van der Waals surface area (Å²) in [5.74, 6) is -1.52. The lowest BCUT2D eigenvalue weighted by Gasteiger charge is -2.31. The quantitative estimate of drug-likeness (QED) is 0.478. The van der Waals surface area contributed by atoms with Crippen molar-refractivity contribution in [1.29, 1.82) is 0 Å². The van der Waals surface area contributed by atoms with Crippen LogP contribution in [0.4, 0.5) is 14.9 Å². The maximum absolute atomic E-state index is 16.0. The van der Waals surface area contributed by atoms with E-state index < -0.39 is 17.5 Å². The number of amides is 3. The Bertz CT molecular complexity index is 1070. The van der Waals surface area contributed by atoms with Crippen molar-refractivity contribution in [3.63, 3.8) is 0 Å². The number of hydrogen-bond donors (Lipinski definition) is 3. The third kappa shape index (κ3) is 5.73. The van der Waals surface area contributed by atoms with E-state index in [0.29, 0.717) is 5.69 Å². The maximum Gasteiger partial charge on any atom is 0.319 e. The van der Waals surface area contributed by atoms with Crippen molar-refractivity contribution < 1.29 is 18.7 Å². The van der Waals surface area contributed by atoms with Crippen LogP contribution in [-0.4, -0.2) is 18.0 Å². The largest absolute Gasteiger partial charge is 0.456 e. The summed E-state index contributed by atoms with van der Waals surface area (Å²) in [5, 5.41) is 5.84. The molecule has 2 aromatic rings. The zero-order valence-electron chi connectivity index (χ0n) is 18.5. The van der Waals surface area contributed by atoms with Gasteiger partial charge in [-0.15, -0.1) is 0 Å². The van der Waals surface area contributed by atoms with Gasteiger partial charge in [-0.3, -0.25) is 4.79 Å². The van der Waals surface area contributed by atoms with Crippen LogP contribution in [0.5, 0.6) is 5.75 Å². The highest BCUT2D eigenvalue weighted by Gasteiger charge is 2.43. The molecule has 0 saturated heterocycles. The molecule has 0 saturated carbocycles. The Kier molecular flexibility index (Phi) is 7.76. The Labute approximate surface area is 197 Å². The summed E-state index contributed by atoms with van der Waals surface area (Å²) in [7, 11) is 0. The molecule has 2 aromatic carbocycles. The number of ether oxygens (including phenoxy) is 1. The zero-order valence-corrected chi connectivity index (χ0v) is 19.2. The molecule has 33 heavy (non-hydrogen) atoms. The van der Waals surface area contributed by atoms with Crippen LogP contribution in [0, 0.1) is 5.92 Å². The van der Waals surface area contributed by atoms with Gasteiger partial charge < -0.3 is 21.1 Å². The van der Waals surface area contributed by atoms with Crippen LogP contribution in [0.15, 0.2) is 72.5 Å². The highest BCUT2D eigenvalue weighted by Crippen LogP contribution is 2.41. The van der Waals surface area contributed by atoms with Crippen molar-refractivity contribution in [2.45, 2.75) is 38.4 Å². The second kappa shape index (κ2) is 10.5. The molecule has 1 aliphatic rings. The van der Waals surface area contributed by atoms with Crippen LogP contribution in [-0.2, 0) is 10.5 Å². The van der Waals surface area contributed by atoms with Crippen molar-refractivity contribution in [3.05, 3.63) is 83.1 Å². The van der Waals surface area contributed by atoms with Gasteiger partial charge in [0, 0.05) is 17.8 Å². The number of hydrogen-bond acceptors (Lipinski definition) is 3. The highest BCUT2D eigenvalue weighted by atomic mass is 35.5. The fourth-order valence-corrected chi connectivity index (χ4v) is 3.85. The predicted octanol–water partition coefficient (Wildman–Crippen LogP) is 5.45. The van der Waals surface area contributed by atoms with Crippen LogP contribution in [0.3, 0.4) is 0 Å². The summed E-state index contributed by atoms with van der Waals surface area (Å²) in [6.07, 6.45) is 5.76. The lowest BCUT2D eigenvalue weighted by atomic mass is 9.79. The van der Waals surface area contributed by atoms with Crippen LogP contribution >= 0.6 is 11.6 Å². The Hall–Kier alpha value is -3.32. The maximum atomic E-state index is 16.0. The van der Waals surface area contributed by atoms with Gasteiger partial charge >= 0.3 is 6.03 Å². The minimum absolute atomic E-state index is 0.0860. The first kappa shape index (κ1) is 24.3. The molecule has 8 heteroatoms. The van der Waals surface area contributed by atoms with E-state index in [1.165, 1.54) is 18.2 Å². The number of rotatable bonds is 8. The molecular weight excluding hydrogens is 445 g/mol. The fourth-order valence-electron chi connectivity index (χ4n) is 3.63. The van der Waals surface area contributed by atoms with E-state index in [9.17, 15) is 9.59 Å².